The minimum absolute atomic E-state index is 0.109. The second-order valence-electron chi connectivity index (χ2n) is 7.46. The fraction of sp³-hybridized carbons (Fsp3) is 0.765. The second kappa shape index (κ2) is 8.09. The maximum Gasteiger partial charge on any atom is 0.273 e. The van der Waals surface area contributed by atoms with Gasteiger partial charge in [-0.25, -0.2) is 0 Å². The number of nitrogens with one attached hydrogen (secondary N) is 1. The summed E-state index contributed by atoms with van der Waals surface area (Å²) in [6.45, 7) is 13.8. The van der Waals surface area contributed by atoms with E-state index >= 15 is 0 Å². The summed E-state index contributed by atoms with van der Waals surface area (Å²) in [5, 5.41) is 16.1. The Labute approximate surface area is 144 Å². The van der Waals surface area contributed by atoms with Gasteiger partial charge in [0.1, 0.15) is 0 Å². The standard InChI is InChI=1S/C17H30N4O3/c1-5-20-6-8-21(9-7-20)11-13-10-14(19-24-13)16(23)18-15(12-22)17(2,3)4/h10,15,22H,5-9,11-12H2,1-4H3,(H,18,23)/t15-/m1/s1. The number of aromatic nitrogens is 1. The van der Waals surface area contributed by atoms with Crippen LogP contribution in [0.1, 0.15) is 43.9 Å². The number of hydrogen-bond acceptors (Lipinski definition) is 6. The van der Waals surface area contributed by atoms with Gasteiger partial charge in [-0.3, -0.25) is 9.69 Å². The molecule has 7 nitrogen and oxygen atoms in total. The molecule has 1 amide bonds. The van der Waals surface area contributed by atoms with E-state index in [0.29, 0.717) is 12.3 Å². The third-order valence-corrected chi connectivity index (χ3v) is 4.62. The molecule has 0 aromatic carbocycles. The maximum absolute atomic E-state index is 12.3. The summed E-state index contributed by atoms with van der Waals surface area (Å²) in [7, 11) is 0. The van der Waals surface area contributed by atoms with Crippen LogP contribution >= 0.6 is 0 Å². The molecule has 1 aliphatic rings. The van der Waals surface area contributed by atoms with Crippen LogP contribution in [0.4, 0.5) is 0 Å². The Kier molecular flexibility index (Phi) is 6.37. The van der Waals surface area contributed by atoms with Gasteiger partial charge in [0.25, 0.3) is 5.91 Å². The summed E-state index contributed by atoms with van der Waals surface area (Å²) in [6, 6.07) is 1.37. The lowest BCUT2D eigenvalue weighted by Gasteiger charge is -2.33. The smallest absolute Gasteiger partial charge is 0.273 e. The number of rotatable bonds is 6. The molecule has 0 bridgehead atoms. The Morgan fingerprint density at radius 3 is 2.50 bits per heavy atom. The summed E-state index contributed by atoms with van der Waals surface area (Å²) in [5.74, 6) is 0.385. The van der Waals surface area contributed by atoms with Crippen molar-refractivity contribution >= 4 is 5.91 Å². The first-order valence-electron chi connectivity index (χ1n) is 8.65. The first-order chi connectivity index (χ1) is 11.3. The SMILES string of the molecule is CCN1CCN(Cc2cc(C(=O)N[C@H](CO)C(C)(C)C)no2)CC1. The van der Waals surface area contributed by atoms with Crippen molar-refractivity contribution in [3.63, 3.8) is 0 Å². The molecule has 1 saturated heterocycles. The lowest BCUT2D eigenvalue weighted by Crippen LogP contribution is -2.46. The summed E-state index contributed by atoms with van der Waals surface area (Å²) in [6.07, 6.45) is 0. The van der Waals surface area contributed by atoms with E-state index in [-0.39, 0.29) is 29.7 Å². The van der Waals surface area contributed by atoms with Crippen molar-refractivity contribution in [1.29, 1.82) is 0 Å². The fourth-order valence-electron chi connectivity index (χ4n) is 2.75. The van der Waals surface area contributed by atoms with Crippen LogP contribution < -0.4 is 5.32 Å². The van der Waals surface area contributed by atoms with Crippen molar-refractivity contribution in [2.45, 2.75) is 40.3 Å². The highest BCUT2D eigenvalue weighted by molar-refractivity contribution is 5.92. The Morgan fingerprint density at radius 2 is 1.96 bits per heavy atom. The molecule has 0 saturated carbocycles. The summed E-state index contributed by atoms with van der Waals surface area (Å²) < 4.78 is 5.31. The zero-order valence-electron chi connectivity index (χ0n) is 15.2. The molecule has 2 N–H and O–H groups in total. The highest BCUT2D eigenvalue weighted by atomic mass is 16.5. The molecule has 0 radical (unpaired) electrons. The van der Waals surface area contributed by atoms with Crippen molar-refractivity contribution in [2.24, 2.45) is 5.41 Å². The first kappa shape index (κ1) is 18.9. The lowest BCUT2D eigenvalue weighted by atomic mass is 9.87. The van der Waals surface area contributed by atoms with E-state index in [9.17, 15) is 9.90 Å². The van der Waals surface area contributed by atoms with Crippen LogP contribution in [-0.4, -0.2) is 71.3 Å². The summed E-state index contributed by atoms with van der Waals surface area (Å²) in [5.41, 5.74) is 0.0375. The molecule has 0 spiro atoms. The van der Waals surface area contributed by atoms with E-state index in [4.69, 9.17) is 4.52 Å². The highest BCUT2D eigenvalue weighted by Crippen LogP contribution is 2.19. The Hall–Kier alpha value is -1.44. The molecule has 136 valence electrons. The molecular weight excluding hydrogens is 308 g/mol. The molecule has 1 aliphatic heterocycles. The number of likely N-dealkylation sites (N-methyl/N-ethyl adjacent to an activating group) is 1. The van der Waals surface area contributed by atoms with Gasteiger partial charge in [0, 0.05) is 32.2 Å². The van der Waals surface area contributed by atoms with E-state index in [1.54, 1.807) is 6.07 Å². The molecule has 2 rings (SSSR count). The molecule has 1 atom stereocenters. The maximum atomic E-state index is 12.3. The molecule has 1 fully saturated rings. The molecular formula is C17H30N4O3. The number of nitrogens with zero attached hydrogens (tertiary/aromatic N) is 3. The Morgan fingerprint density at radius 1 is 1.33 bits per heavy atom. The van der Waals surface area contributed by atoms with Crippen molar-refractivity contribution in [1.82, 2.24) is 20.3 Å². The van der Waals surface area contributed by atoms with E-state index in [1.165, 1.54) is 0 Å². The fourth-order valence-corrected chi connectivity index (χ4v) is 2.75. The molecule has 2 heterocycles. The molecule has 0 aliphatic carbocycles. The average molecular weight is 338 g/mol. The normalized spacial score (nSPS) is 18.5. The first-order valence-corrected chi connectivity index (χ1v) is 8.65. The van der Waals surface area contributed by atoms with Crippen LogP contribution in [0.5, 0.6) is 0 Å². The lowest BCUT2D eigenvalue weighted by molar-refractivity contribution is 0.0838. The van der Waals surface area contributed by atoms with Crippen LogP contribution in [0.2, 0.25) is 0 Å². The topological polar surface area (TPSA) is 81.8 Å². The third kappa shape index (κ3) is 5.03. The average Bonchev–Trinajstić information content (AvgIpc) is 3.00. The van der Waals surface area contributed by atoms with Crippen molar-refractivity contribution in [3.05, 3.63) is 17.5 Å². The van der Waals surface area contributed by atoms with Gasteiger partial charge in [-0.1, -0.05) is 32.9 Å². The van der Waals surface area contributed by atoms with Crippen molar-refractivity contribution in [2.75, 3.05) is 39.3 Å². The van der Waals surface area contributed by atoms with E-state index in [2.05, 4.69) is 27.2 Å². The molecule has 0 unspecified atom stereocenters. The molecule has 7 heteroatoms. The number of aliphatic hydroxyl groups excluding tert-OH is 1. The van der Waals surface area contributed by atoms with Gasteiger partial charge in [0.2, 0.25) is 0 Å². The zero-order chi connectivity index (χ0) is 17.7. The molecule has 24 heavy (non-hydrogen) atoms. The zero-order valence-corrected chi connectivity index (χ0v) is 15.2. The van der Waals surface area contributed by atoms with Crippen molar-refractivity contribution < 1.29 is 14.4 Å². The quantitative estimate of drug-likeness (QED) is 0.804. The van der Waals surface area contributed by atoms with Crippen molar-refractivity contribution in [3.8, 4) is 0 Å². The monoisotopic (exact) mass is 338 g/mol. The third-order valence-electron chi connectivity index (χ3n) is 4.62. The van der Waals surface area contributed by atoms with Crippen LogP contribution in [0, 0.1) is 5.41 Å². The predicted molar refractivity (Wildman–Crippen MR) is 91.7 cm³/mol. The minimum Gasteiger partial charge on any atom is -0.394 e. The van der Waals surface area contributed by atoms with Gasteiger partial charge in [0.05, 0.1) is 19.2 Å². The summed E-state index contributed by atoms with van der Waals surface area (Å²) >= 11 is 0. The van der Waals surface area contributed by atoms with Gasteiger partial charge in [-0.2, -0.15) is 0 Å². The Balaban J connectivity index is 1.89. The number of amides is 1. The van der Waals surface area contributed by atoms with E-state index in [1.807, 2.05) is 20.8 Å². The number of piperazine rings is 1. The van der Waals surface area contributed by atoms with Crippen LogP contribution in [-0.2, 0) is 6.54 Å². The Bertz CT molecular complexity index is 530. The minimum atomic E-state index is -0.327. The second-order valence-corrected chi connectivity index (χ2v) is 7.46. The molecule has 1 aromatic rings. The van der Waals surface area contributed by atoms with Gasteiger partial charge in [0.15, 0.2) is 11.5 Å². The van der Waals surface area contributed by atoms with Gasteiger partial charge in [-0.05, 0) is 12.0 Å². The number of aliphatic hydroxyl groups is 1. The number of carbonyl (C=O) groups excluding carboxylic acids is 1. The van der Waals surface area contributed by atoms with E-state index in [0.717, 1.165) is 32.7 Å². The van der Waals surface area contributed by atoms with Gasteiger partial charge < -0.3 is 19.8 Å². The van der Waals surface area contributed by atoms with Crippen LogP contribution in [0.3, 0.4) is 0 Å². The molecule has 1 aromatic heterocycles. The van der Waals surface area contributed by atoms with Crippen LogP contribution in [0.25, 0.3) is 0 Å². The summed E-state index contributed by atoms with van der Waals surface area (Å²) in [4.78, 5) is 17.0. The van der Waals surface area contributed by atoms with E-state index < -0.39 is 0 Å². The highest BCUT2D eigenvalue weighted by Gasteiger charge is 2.27. The van der Waals surface area contributed by atoms with Crippen LogP contribution in [0.15, 0.2) is 10.6 Å². The number of hydrogen-bond donors (Lipinski definition) is 2. The number of carbonyl (C=O) groups is 1. The largest absolute Gasteiger partial charge is 0.394 e. The van der Waals surface area contributed by atoms with Gasteiger partial charge >= 0.3 is 0 Å². The van der Waals surface area contributed by atoms with Gasteiger partial charge in [-0.15, -0.1) is 0 Å². The predicted octanol–water partition coefficient (Wildman–Crippen LogP) is 0.949.